The number of amides is 2. The summed E-state index contributed by atoms with van der Waals surface area (Å²) < 4.78 is 10.2. The third-order valence-corrected chi connectivity index (χ3v) is 3.76. The summed E-state index contributed by atoms with van der Waals surface area (Å²) in [4.78, 5) is 35.4. The van der Waals surface area contributed by atoms with Crippen LogP contribution in [0.25, 0.3) is 0 Å². The van der Waals surface area contributed by atoms with Crippen molar-refractivity contribution in [3.63, 3.8) is 0 Å². The lowest BCUT2D eigenvalue weighted by Crippen LogP contribution is -2.44. The standard InChI is InChI=1S/C18H16Cl2N2O5/c1-11(27-15-8-7-13(19)9-14(15)20)18(25)26-10-16(23)21-22-17(24)12-5-3-2-4-6-12/h2-9,11H,10H2,1H3,(H,21,23)(H,22,24)/t11-/m0/s1. The van der Waals surface area contributed by atoms with E-state index in [0.717, 1.165) is 0 Å². The molecule has 0 saturated carbocycles. The molecule has 0 heterocycles. The Bertz CT molecular complexity index is 830. The van der Waals surface area contributed by atoms with Gasteiger partial charge in [0.2, 0.25) is 0 Å². The van der Waals surface area contributed by atoms with Crippen LogP contribution in [0.5, 0.6) is 5.75 Å². The first-order chi connectivity index (χ1) is 12.9. The van der Waals surface area contributed by atoms with E-state index in [1.807, 2.05) is 0 Å². The molecular formula is C18H16Cl2N2O5. The Hall–Kier alpha value is -2.77. The number of hydrogen-bond donors (Lipinski definition) is 2. The molecule has 9 heteroatoms. The number of esters is 1. The third kappa shape index (κ3) is 6.47. The van der Waals surface area contributed by atoms with Crippen LogP contribution in [-0.4, -0.2) is 30.5 Å². The van der Waals surface area contributed by atoms with Crippen molar-refractivity contribution in [2.24, 2.45) is 0 Å². The third-order valence-electron chi connectivity index (χ3n) is 3.23. The minimum Gasteiger partial charge on any atom is -0.477 e. The molecule has 2 aromatic carbocycles. The minimum absolute atomic E-state index is 0.239. The largest absolute Gasteiger partial charge is 0.477 e. The molecule has 2 aromatic rings. The summed E-state index contributed by atoms with van der Waals surface area (Å²) >= 11 is 11.7. The summed E-state index contributed by atoms with van der Waals surface area (Å²) in [5.41, 5.74) is 4.73. The molecule has 7 nitrogen and oxygen atoms in total. The van der Waals surface area contributed by atoms with Crippen molar-refractivity contribution in [3.8, 4) is 5.75 Å². The second-order valence-electron chi connectivity index (χ2n) is 5.31. The lowest BCUT2D eigenvalue weighted by atomic mass is 10.2. The highest BCUT2D eigenvalue weighted by molar-refractivity contribution is 6.35. The van der Waals surface area contributed by atoms with Crippen LogP contribution in [-0.2, 0) is 14.3 Å². The van der Waals surface area contributed by atoms with E-state index in [0.29, 0.717) is 10.6 Å². The summed E-state index contributed by atoms with van der Waals surface area (Å²) in [5, 5.41) is 0.667. The molecule has 0 unspecified atom stereocenters. The normalized spacial score (nSPS) is 11.2. The van der Waals surface area contributed by atoms with Gasteiger partial charge in [-0.05, 0) is 37.3 Å². The summed E-state index contributed by atoms with van der Waals surface area (Å²) in [6, 6.07) is 12.9. The van der Waals surface area contributed by atoms with Crippen molar-refractivity contribution < 1.29 is 23.9 Å². The summed E-state index contributed by atoms with van der Waals surface area (Å²) in [5.74, 6) is -1.72. The van der Waals surface area contributed by atoms with Crippen molar-refractivity contribution in [2.75, 3.05) is 6.61 Å². The van der Waals surface area contributed by atoms with Gasteiger partial charge in [0.1, 0.15) is 5.75 Å². The van der Waals surface area contributed by atoms with Gasteiger partial charge in [0, 0.05) is 10.6 Å². The highest BCUT2D eigenvalue weighted by Gasteiger charge is 2.19. The van der Waals surface area contributed by atoms with Gasteiger partial charge in [-0.2, -0.15) is 0 Å². The van der Waals surface area contributed by atoms with Crippen LogP contribution < -0.4 is 15.6 Å². The van der Waals surface area contributed by atoms with Crippen LogP contribution in [0.3, 0.4) is 0 Å². The van der Waals surface area contributed by atoms with E-state index >= 15 is 0 Å². The van der Waals surface area contributed by atoms with Crippen LogP contribution >= 0.6 is 23.2 Å². The predicted molar refractivity (Wildman–Crippen MR) is 99.6 cm³/mol. The maximum Gasteiger partial charge on any atom is 0.347 e. The molecule has 0 saturated heterocycles. The molecule has 1 atom stereocenters. The molecule has 0 radical (unpaired) electrons. The second kappa shape index (κ2) is 9.80. The SMILES string of the molecule is C[C@H](Oc1ccc(Cl)cc1Cl)C(=O)OCC(=O)NNC(=O)c1ccccc1. The Morgan fingerprint density at radius 1 is 1.04 bits per heavy atom. The lowest BCUT2D eigenvalue weighted by Gasteiger charge is -2.15. The van der Waals surface area contributed by atoms with E-state index in [2.05, 4.69) is 10.9 Å². The van der Waals surface area contributed by atoms with E-state index < -0.39 is 30.5 Å². The summed E-state index contributed by atoms with van der Waals surface area (Å²) in [6.45, 7) is 0.859. The molecule has 27 heavy (non-hydrogen) atoms. The zero-order valence-electron chi connectivity index (χ0n) is 14.2. The Morgan fingerprint density at radius 3 is 2.41 bits per heavy atom. The fourth-order valence-corrected chi connectivity index (χ4v) is 2.34. The van der Waals surface area contributed by atoms with Crippen molar-refractivity contribution in [1.82, 2.24) is 10.9 Å². The first-order valence-corrected chi connectivity index (χ1v) is 8.55. The molecule has 0 aliphatic heterocycles. The maximum atomic E-state index is 11.9. The minimum atomic E-state index is -1.00. The molecule has 0 fully saturated rings. The first kappa shape index (κ1) is 20.5. The number of hydrogen-bond acceptors (Lipinski definition) is 5. The topological polar surface area (TPSA) is 93.7 Å². The fraction of sp³-hybridized carbons (Fsp3) is 0.167. The average molecular weight is 411 g/mol. The Balaban J connectivity index is 1.75. The van der Waals surface area contributed by atoms with Gasteiger partial charge in [-0.15, -0.1) is 0 Å². The van der Waals surface area contributed by atoms with Gasteiger partial charge in [-0.3, -0.25) is 20.4 Å². The maximum absolute atomic E-state index is 11.9. The Morgan fingerprint density at radius 2 is 1.74 bits per heavy atom. The number of rotatable bonds is 6. The van der Waals surface area contributed by atoms with E-state index in [9.17, 15) is 14.4 Å². The van der Waals surface area contributed by atoms with Crippen LogP contribution in [0, 0.1) is 0 Å². The van der Waals surface area contributed by atoms with Crippen LogP contribution in [0.4, 0.5) is 0 Å². The van der Waals surface area contributed by atoms with Gasteiger partial charge in [0.15, 0.2) is 12.7 Å². The van der Waals surface area contributed by atoms with Crippen molar-refractivity contribution in [1.29, 1.82) is 0 Å². The van der Waals surface area contributed by atoms with E-state index in [4.69, 9.17) is 32.7 Å². The van der Waals surface area contributed by atoms with Crippen molar-refractivity contribution >= 4 is 41.0 Å². The van der Waals surface area contributed by atoms with Gasteiger partial charge in [-0.1, -0.05) is 41.4 Å². The van der Waals surface area contributed by atoms with Crippen LogP contribution in [0.2, 0.25) is 10.0 Å². The number of benzene rings is 2. The Kier molecular flexibility index (Phi) is 7.45. The van der Waals surface area contributed by atoms with Gasteiger partial charge in [0.05, 0.1) is 5.02 Å². The number of hydrazine groups is 1. The highest BCUT2D eigenvalue weighted by atomic mass is 35.5. The number of carbonyl (C=O) groups excluding carboxylic acids is 3. The first-order valence-electron chi connectivity index (χ1n) is 7.79. The second-order valence-corrected chi connectivity index (χ2v) is 6.15. The number of ether oxygens (including phenoxy) is 2. The quantitative estimate of drug-likeness (QED) is 0.563. The van der Waals surface area contributed by atoms with E-state index in [1.54, 1.807) is 36.4 Å². The molecule has 0 aromatic heterocycles. The molecule has 2 N–H and O–H groups in total. The van der Waals surface area contributed by atoms with E-state index in [1.165, 1.54) is 19.1 Å². The molecular weight excluding hydrogens is 395 g/mol. The van der Waals surface area contributed by atoms with Gasteiger partial charge in [-0.25, -0.2) is 4.79 Å². The highest BCUT2D eigenvalue weighted by Crippen LogP contribution is 2.28. The molecule has 0 bridgehead atoms. The smallest absolute Gasteiger partial charge is 0.347 e. The molecule has 0 aliphatic rings. The average Bonchev–Trinajstić information content (AvgIpc) is 2.66. The van der Waals surface area contributed by atoms with E-state index in [-0.39, 0.29) is 10.8 Å². The van der Waals surface area contributed by atoms with Gasteiger partial charge in [0.25, 0.3) is 11.8 Å². The number of carbonyl (C=O) groups is 3. The monoisotopic (exact) mass is 410 g/mol. The Labute approximate surface area is 165 Å². The summed E-state index contributed by atoms with van der Waals surface area (Å²) in [7, 11) is 0. The van der Waals surface area contributed by atoms with Crippen molar-refractivity contribution in [2.45, 2.75) is 13.0 Å². The molecule has 0 aliphatic carbocycles. The van der Waals surface area contributed by atoms with Gasteiger partial charge < -0.3 is 9.47 Å². The summed E-state index contributed by atoms with van der Waals surface area (Å²) in [6.07, 6.45) is -1.00. The zero-order chi connectivity index (χ0) is 19.8. The zero-order valence-corrected chi connectivity index (χ0v) is 15.7. The van der Waals surface area contributed by atoms with Gasteiger partial charge >= 0.3 is 5.97 Å². The molecule has 2 rings (SSSR count). The number of nitrogens with one attached hydrogen (secondary N) is 2. The van der Waals surface area contributed by atoms with Crippen LogP contribution in [0.1, 0.15) is 17.3 Å². The number of halogens is 2. The molecule has 0 spiro atoms. The molecule has 2 amide bonds. The van der Waals surface area contributed by atoms with Crippen molar-refractivity contribution in [3.05, 3.63) is 64.1 Å². The lowest BCUT2D eigenvalue weighted by molar-refractivity contribution is -0.154. The molecule has 142 valence electrons. The fourth-order valence-electron chi connectivity index (χ4n) is 1.89. The van der Waals surface area contributed by atoms with Crippen LogP contribution in [0.15, 0.2) is 48.5 Å². The predicted octanol–water partition coefficient (Wildman–Crippen LogP) is 2.77.